The summed E-state index contributed by atoms with van der Waals surface area (Å²) < 4.78 is 1.96. The van der Waals surface area contributed by atoms with E-state index in [1.807, 2.05) is 78.2 Å². The van der Waals surface area contributed by atoms with Crippen LogP contribution in [0, 0.1) is 13.8 Å². The van der Waals surface area contributed by atoms with Gasteiger partial charge in [-0.2, -0.15) is 5.10 Å². The lowest BCUT2D eigenvalue weighted by Gasteiger charge is -2.21. The number of aryl methyl sites for hydroxylation is 2. The van der Waals surface area contributed by atoms with E-state index in [0.29, 0.717) is 6.54 Å². The molecule has 5 nitrogen and oxygen atoms in total. The van der Waals surface area contributed by atoms with Gasteiger partial charge in [0.1, 0.15) is 0 Å². The number of fused-ring (bicyclic) bond motifs is 2. The number of hydrogen-bond acceptors (Lipinski definition) is 3. The normalized spacial score (nSPS) is 12.9. The molecule has 2 aromatic heterocycles. The van der Waals surface area contributed by atoms with E-state index in [2.05, 4.69) is 6.92 Å². The first-order valence-corrected chi connectivity index (χ1v) is 10.8. The minimum absolute atomic E-state index is 0.0583. The van der Waals surface area contributed by atoms with Gasteiger partial charge in [0.15, 0.2) is 0 Å². The summed E-state index contributed by atoms with van der Waals surface area (Å²) in [5.74, 6) is 0.0583. The van der Waals surface area contributed by atoms with Crippen molar-refractivity contribution in [2.45, 2.75) is 39.7 Å². The number of rotatable bonds is 4. The molecule has 0 aliphatic heterocycles. The van der Waals surface area contributed by atoms with Gasteiger partial charge in [-0.05, 0) is 56.9 Å². The Hall–Kier alpha value is -3.47. The SMILES string of the molecule is Cc1nn(-c2ccccc2)c(C)c1CN(C)C(=O)c1c2c(nc3ccccc13)CCC2. The van der Waals surface area contributed by atoms with Gasteiger partial charge in [-0.25, -0.2) is 4.68 Å². The zero-order valence-corrected chi connectivity index (χ0v) is 18.2. The lowest BCUT2D eigenvalue weighted by atomic mass is 10.00. The summed E-state index contributed by atoms with van der Waals surface area (Å²) in [5.41, 5.74) is 8.08. The monoisotopic (exact) mass is 410 g/mol. The number of aromatic nitrogens is 3. The highest BCUT2D eigenvalue weighted by atomic mass is 16.2. The number of carbonyl (C=O) groups excluding carboxylic acids is 1. The van der Waals surface area contributed by atoms with Gasteiger partial charge in [-0.15, -0.1) is 0 Å². The highest BCUT2D eigenvalue weighted by molar-refractivity contribution is 6.07. The summed E-state index contributed by atoms with van der Waals surface area (Å²) in [6, 6.07) is 18.1. The van der Waals surface area contributed by atoms with Gasteiger partial charge in [-0.1, -0.05) is 36.4 Å². The van der Waals surface area contributed by atoms with Crippen LogP contribution < -0.4 is 0 Å². The molecule has 1 aliphatic carbocycles. The summed E-state index contributed by atoms with van der Waals surface area (Å²) in [5, 5.41) is 5.69. The van der Waals surface area contributed by atoms with Crippen LogP contribution in [-0.2, 0) is 19.4 Å². The van der Waals surface area contributed by atoms with E-state index in [1.54, 1.807) is 0 Å². The fourth-order valence-electron chi connectivity index (χ4n) is 4.68. The fourth-order valence-corrected chi connectivity index (χ4v) is 4.68. The molecule has 0 atom stereocenters. The zero-order chi connectivity index (χ0) is 21.5. The first kappa shape index (κ1) is 19.5. The van der Waals surface area contributed by atoms with Crippen molar-refractivity contribution in [1.29, 1.82) is 0 Å². The Kier molecular flexibility index (Phi) is 4.81. The Bertz CT molecular complexity index is 1290. The smallest absolute Gasteiger partial charge is 0.254 e. The van der Waals surface area contributed by atoms with E-state index in [1.165, 1.54) is 0 Å². The third-order valence-electron chi connectivity index (χ3n) is 6.32. The molecule has 1 aliphatic rings. The average molecular weight is 411 g/mol. The molecule has 156 valence electrons. The number of para-hydroxylation sites is 2. The summed E-state index contributed by atoms with van der Waals surface area (Å²) in [4.78, 5) is 20.3. The molecule has 31 heavy (non-hydrogen) atoms. The molecule has 5 rings (SSSR count). The molecule has 0 bridgehead atoms. The molecule has 0 spiro atoms. The van der Waals surface area contributed by atoms with Crippen LogP contribution in [0.25, 0.3) is 16.6 Å². The van der Waals surface area contributed by atoms with Crippen molar-refractivity contribution in [1.82, 2.24) is 19.7 Å². The van der Waals surface area contributed by atoms with Crippen molar-refractivity contribution in [3.05, 3.63) is 88.4 Å². The predicted octanol–water partition coefficient (Wildman–Crippen LogP) is 4.80. The maximum absolute atomic E-state index is 13.7. The van der Waals surface area contributed by atoms with Gasteiger partial charge in [0.05, 0.1) is 22.5 Å². The number of benzene rings is 2. The molecule has 5 heteroatoms. The summed E-state index contributed by atoms with van der Waals surface area (Å²) in [7, 11) is 1.89. The minimum Gasteiger partial charge on any atom is -0.337 e. The topological polar surface area (TPSA) is 51.0 Å². The number of amides is 1. The minimum atomic E-state index is 0.0583. The van der Waals surface area contributed by atoms with Gasteiger partial charge in [-0.3, -0.25) is 9.78 Å². The molecular formula is C26H26N4O. The van der Waals surface area contributed by atoms with Crippen molar-refractivity contribution in [3.8, 4) is 5.69 Å². The van der Waals surface area contributed by atoms with Crippen molar-refractivity contribution >= 4 is 16.8 Å². The largest absolute Gasteiger partial charge is 0.337 e. The number of hydrogen-bond donors (Lipinski definition) is 0. The Labute approximate surface area is 182 Å². The highest BCUT2D eigenvalue weighted by Gasteiger charge is 2.26. The van der Waals surface area contributed by atoms with E-state index in [9.17, 15) is 4.79 Å². The molecule has 0 radical (unpaired) electrons. The fraction of sp³-hybridized carbons (Fsp3) is 0.269. The molecule has 2 heterocycles. The van der Waals surface area contributed by atoms with Crippen LogP contribution in [0.5, 0.6) is 0 Å². The molecule has 0 saturated carbocycles. The molecule has 0 N–H and O–H groups in total. The second-order valence-electron chi connectivity index (χ2n) is 8.34. The highest BCUT2D eigenvalue weighted by Crippen LogP contribution is 2.31. The molecular weight excluding hydrogens is 384 g/mol. The van der Waals surface area contributed by atoms with Crippen LogP contribution in [0.15, 0.2) is 54.6 Å². The molecule has 4 aromatic rings. The average Bonchev–Trinajstić information content (AvgIpc) is 3.37. The van der Waals surface area contributed by atoms with Gasteiger partial charge >= 0.3 is 0 Å². The van der Waals surface area contributed by atoms with Crippen LogP contribution in [0.4, 0.5) is 0 Å². The van der Waals surface area contributed by atoms with Gasteiger partial charge < -0.3 is 4.90 Å². The van der Waals surface area contributed by atoms with Gasteiger partial charge in [0.2, 0.25) is 0 Å². The quantitative estimate of drug-likeness (QED) is 0.486. The Morgan fingerprint density at radius 1 is 1.03 bits per heavy atom. The summed E-state index contributed by atoms with van der Waals surface area (Å²) in [6.07, 6.45) is 2.93. The van der Waals surface area contributed by atoms with Crippen LogP contribution in [0.2, 0.25) is 0 Å². The second-order valence-corrected chi connectivity index (χ2v) is 8.34. The van der Waals surface area contributed by atoms with E-state index < -0.39 is 0 Å². The van der Waals surface area contributed by atoms with Gasteiger partial charge in [0.25, 0.3) is 5.91 Å². The van der Waals surface area contributed by atoms with E-state index in [-0.39, 0.29) is 5.91 Å². The van der Waals surface area contributed by atoms with E-state index in [0.717, 1.165) is 69.6 Å². The van der Waals surface area contributed by atoms with E-state index >= 15 is 0 Å². The maximum atomic E-state index is 13.7. The molecule has 0 unspecified atom stereocenters. The third-order valence-corrected chi connectivity index (χ3v) is 6.32. The number of pyridine rings is 1. The lowest BCUT2D eigenvalue weighted by molar-refractivity contribution is 0.0785. The Morgan fingerprint density at radius 3 is 2.58 bits per heavy atom. The van der Waals surface area contributed by atoms with E-state index in [4.69, 9.17) is 10.1 Å². The van der Waals surface area contributed by atoms with Crippen molar-refractivity contribution in [3.63, 3.8) is 0 Å². The molecule has 1 amide bonds. The molecule has 0 fully saturated rings. The third kappa shape index (κ3) is 3.30. The Balaban J connectivity index is 1.51. The van der Waals surface area contributed by atoms with Crippen LogP contribution >= 0.6 is 0 Å². The molecule has 0 saturated heterocycles. The predicted molar refractivity (Wildman–Crippen MR) is 123 cm³/mol. The number of nitrogens with zero attached hydrogens (tertiary/aromatic N) is 4. The van der Waals surface area contributed by atoms with Crippen LogP contribution in [-0.4, -0.2) is 32.6 Å². The van der Waals surface area contributed by atoms with Crippen LogP contribution in [0.3, 0.4) is 0 Å². The van der Waals surface area contributed by atoms with Crippen molar-refractivity contribution in [2.24, 2.45) is 0 Å². The summed E-state index contributed by atoms with van der Waals surface area (Å²) >= 11 is 0. The molecule has 2 aromatic carbocycles. The number of carbonyl (C=O) groups is 1. The standard InChI is InChI=1S/C26H26N4O/c1-17-22(18(2)30(28-17)19-10-5-4-6-11-19)16-29(3)26(31)25-20-12-7-8-14-23(20)27-24-15-9-13-21(24)25/h4-8,10-12,14H,9,13,15-16H2,1-3H3. The van der Waals surface area contributed by atoms with Gasteiger partial charge in [0, 0.05) is 35.9 Å². The zero-order valence-electron chi connectivity index (χ0n) is 18.2. The summed E-state index contributed by atoms with van der Waals surface area (Å²) in [6.45, 7) is 4.61. The first-order chi connectivity index (χ1) is 15.0. The maximum Gasteiger partial charge on any atom is 0.254 e. The van der Waals surface area contributed by atoms with Crippen molar-refractivity contribution < 1.29 is 4.79 Å². The van der Waals surface area contributed by atoms with Crippen LogP contribution in [0.1, 0.15) is 45.0 Å². The first-order valence-electron chi connectivity index (χ1n) is 10.8. The lowest BCUT2D eigenvalue weighted by Crippen LogP contribution is -2.28. The van der Waals surface area contributed by atoms with Crippen molar-refractivity contribution in [2.75, 3.05) is 7.05 Å². The Morgan fingerprint density at radius 2 is 1.77 bits per heavy atom. The second kappa shape index (κ2) is 7.65.